The highest BCUT2D eigenvalue weighted by Crippen LogP contribution is 2.27. The molecule has 0 spiro atoms. The number of para-hydroxylation sites is 1. The Bertz CT molecular complexity index is 1080. The van der Waals surface area contributed by atoms with E-state index in [1.54, 1.807) is 7.11 Å². The van der Waals surface area contributed by atoms with Crippen LogP contribution in [0.5, 0.6) is 5.75 Å². The molecule has 0 bridgehead atoms. The van der Waals surface area contributed by atoms with E-state index in [0.717, 1.165) is 33.9 Å². The fourth-order valence-corrected chi connectivity index (χ4v) is 3.28. The fourth-order valence-electron chi connectivity index (χ4n) is 3.28. The van der Waals surface area contributed by atoms with Crippen molar-refractivity contribution in [2.24, 2.45) is 0 Å². The third-order valence-corrected chi connectivity index (χ3v) is 4.90. The van der Waals surface area contributed by atoms with Crippen molar-refractivity contribution in [1.29, 1.82) is 0 Å². The van der Waals surface area contributed by atoms with E-state index >= 15 is 0 Å². The van der Waals surface area contributed by atoms with Crippen LogP contribution in [0.1, 0.15) is 29.8 Å². The number of anilines is 1. The molecular weight excluding hydrogens is 346 g/mol. The summed E-state index contributed by atoms with van der Waals surface area (Å²) in [7, 11) is 1.68. The highest BCUT2D eigenvalue weighted by atomic mass is 16.5. The van der Waals surface area contributed by atoms with Gasteiger partial charge in [0, 0.05) is 17.8 Å². The molecule has 4 aromatic rings. The van der Waals surface area contributed by atoms with Crippen molar-refractivity contribution in [1.82, 2.24) is 9.97 Å². The van der Waals surface area contributed by atoms with Gasteiger partial charge in [0.05, 0.1) is 12.6 Å². The zero-order valence-electron chi connectivity index (χ0n) is 16.1. The number of nitrogens with one attached hydrogen (secondary N) is 1. The molecule has 0 amide bonds. The monoisotopic (exact) mass is 369 g/mol. The standard InChI is InChI=1S/C24H23N3O/c1-17(19-10-4-3-5-11-19)23-26-22-14-7-6-13-21(22)24(27-23)25-16-18-9-8-12-20(15-18)28-2/h3-15,17H,16H2,1-2H3,(H,25,26,27). The lowest BCUT2D eigenvalue weighted by molar-refractivity contribution is 0.414. The van der Waals surface area contributed by atoms with E-state index in [1.807, 2.05) is 42.5 Å². The number of benzene rings is 3. The molecule has 3 aromatic carbocycles. The summed E-state index contributed by atoms with van der Waals surface area (Å²) in [6.45, 7) is 2.81. The van der Waals surface area contributed by atoms with Crippen molar-refractivity contribution in [3.63, 3.8) is 0 Å². The minimum absolute atomic E-state index is 0.114. The third-order valence-electron chi connectivity index (χ3n) is 4.90. The van der Waals surface area contributed by atoms with Crippen molar-refractivity contribution in [3.05, 3.63) is 95.8 Å². The molecule has 1 aromatic heterocycles. The van der Waals surface area contributed by atoms with Gasteiger partial charge in [-0.1, -0.05) is 61.5 Å². The summed E-state index contributed by atoms with van der Waals surface area (Å²) < 4.78 is 5.32. The summed E-state index contributed by atoms with van der Waals surface area (Å²) in [6, 6.07) is 26.5. The molecule has 0 saturated carbocycles. The SMILES string of the molecule is COc1cccc(CNc2nc(C(C)c3ccccc3)nc3ccccc23)c1. The Morgan fingerprint density at radius 1 is 0.893 bits per heavy atom. The third kappa shape index (κ3) is 3.81. The predicted molar refractivity (Wildman–Crippen MR) is 114 cm³/mol. The van der Waals surface area contributed by atoms with Gasteiger partial charge in [-0.2, -0.15) is 0 Å². The van der Waals surface area contributed by atoms with Gasteiger partial charge in [0.1, 0.15) is 17.4 Å². The Hall–Kier alpha value is -3.40. The second kappa shape index (κ2) is 8.09. The van der Waals surface area contributed by atoms with E-state index in [2.05, 4.69) is 48.6 Å². The quantitative estimate of drug-likeness (QED) is 0.494. The first-order valence-corrected chi connectivity index (χ1v) is 9.43. The van der Waals surface area contributed by atoms with Gasteiger partial charge in [-0.3, -0.25) is 0 Å². The van der Waals surface area contributed by atoms with Crippen molar-refractivity contribution in [2.75, 3.05) is 12.4 Å². The Kier molecular flexibility index (Phi) is 5.20. The van der Waals surface area contributed by atoms with Crippen molar-refractivity contribution >= 4 is 16.7 Å². The number of hydrogen-bond donors (Lipinski definition) is 1. The zero-order valence-corrected chi connectivity index (χ0v) is 16.1. The van der Waals surface area contributed by atoms with Crippen molar-refractivity contribution in [3.8, 4) is 5.75 Å². The molecule has 0 radical (unpaired) electrons. The lowest BCUT2D eigenvalue weighted by Crippen LogP contribution is -2.08. The van der Waals surface area contributed by atoms with E-state index in [1.165, 1.54) is 5.56 Å². The summed E-state index contributed by atoms with van der Waals surface area (Å²) in [5, 5.41) is 4.52. The number of rotatable bonds is 6. The number of methoxy groups -OCH3 is 1. The highest BCUT2D eigenvalue weighted by molar-refractivity contribution is 5.89. The van der Waals surface area contributed by atoms with E-state index < -0.39 is 0 Å². The predicted octanol–water partition coefficient (Wildman–Crippen LogP) is 5.40. The molecule has 0 saturated heterocycles. The lowest BCUT2D eigenvalue weighted by atomic mass is 10.0. The maximum Gasteiger partial charge on any atom is 0.138 e. The van der Waals surface area contributed by atoms with Crippen LogP contribution in [0.25, 0.3) is 10.9 Å². The van der Waals surface area contributed by atoms with Crippen molar-refractivity contribution in [2.45, 2.75) is 19.4 Å². The van der Waals surface area contributed by atoms with Crippen LogP contribution < -0.4 is 10.1 Å². The van der Waals surface area contributed by atoms with Gasteiger partial charge in [-0.05, 0) is 35.4 Å². The van der Waals surface area contributed by atoms with Gasteiger partial charge >= 0.3 is 0 Å². The maximum absolute atomic E-state index is 5.32. The Balaban J connectivity index is 1.68. The van der Waals surface area contributed by atoms with Gasteiger partial charge < -0.3 is 10.1 Å². The fraction of sp³-hybridized carbons (Fsp3) is 0.167. The van der Waals surface area contributed by atoms with Crippen LogP contribution >= 0.6 is 0 Å². The van der Waals surface area contributed by atoms with E-state index in [4.69, 9.17) is 14.7 Å². The first kappa shape index (κ1) is 18.0. The molecule has 140 valence electrons. The van der Waals surface area contributed by atoms with Crippen LogP contribution in [-0.2, 0) is 6.54 Å². The molecular formula is C24H23N3O. The van der Waals surface area contributed by atoms with Crippen LogP contribution in [0, 0.1) is 0 Å². The average Bonchev–Trinajstić information content (AvgIpc) is 2.77. The summed E-state index contributed by atoms with van der Waals surface area (Å²) in [4.78, 5) is 9.70. The van der Waals surface area contributed by atoms with Gasteiger partial charge in [0.25, 0.3) is 0 Å². The zero-order chi connectivity index (χ0) is 19.3. The molecule has 1 heterocycles. The van der Waals surface area contributed by atoms with Crippen LogP contribution in [0.4, 0.5) is 5.82 Å². The highest BCUT2D eigenvalue weighted by Gasteiger charge is 2.15. The normalized spacial score (nSPS) is 11.9. The smallest absolute Gasteiger partial charge is 0.138 e. The first-order valence-electron chi connectivity index (χ1n) is 9.43. The van der Waals surface area contributed by atoms with Gasteiger partial charge in [-0.25, -0.2) is 9.97 Å². The van der Waals surface area contributed by atoms with E-state index in [9.17, 15) is 0 Å². The van der Waals surface area contributed by atoms with Crippen LogP contribution in [0.2, 0.25) is 0 Å². The van der Waals surface area contributed by atoms with Crippen LogP contribution in [0.15, 0.2) is 78.9 Å². The second-order valence-corrected chi connectivity index (χ2v) is 6.79. The molecule has 4 rings (SSSR count). The molecule has 4 heteroatoms. The molecule has 1 unspecified atom stereocenters. The van der Waals surface area contributed by atoms with Crippen LogP contribution in [-0.4, -0.2) is 17.1 Å². The number of hydrogen-bond acceptors (Lipinski definition) is 4. The number of nitrogens with zero attached hydrogens (tertiary/aromatic N) is 2. The molecule has 1 atom stereocenters. The Morgan fingerprint density at radius 3 is 2.50 bits per heavy atom. The molecule has 0 aliphatic heterocycles. The van der Waals surface area contributed by atoms with Gasteiger partial charge in [0.15, 0.2) is 0 Å². The number of ether oxygens (including phenoxy) is 1. The molecule has 28 heavy (non-hydrogen) atoms. The first-order chi connectivity index (χ1) is 13.7. The van der Waals surface area contributed by atoms with Crippen LogP contribution in [0.3, 0.4) is 0 Å². The van der Waals surface area contributed by atoms with Gasteiger partial charge in [-0.15, -0.1) is 0 Å². The summed E-state index contributed by atoms with van der Waals surface area (Å²) in [5.41, 5.74) is 3.29. The molecule has 0 aliphatic rings. The van der Waals surface area contributed by atoms with E-state index in [-0.39, 0.29) is 5.92 Å². The maximum atomic E-state index is 5.32. The molecule has 0 fully saturated rings. The molecule has 1 N–H and O–H groups in total. The molecule has 0 aliphatic carbocycles. The second-order valence-electron chi connectivity index (χ2n) is 6.79. The summed E-state index contributed by atoms with van der Waals surface area (Å²) in [5.74, 6) is 2.64. The Labute approximate surface area is 165 Å². The average molecular weight is 369 g/mol. The number of fused-ring (bicyclic) bond motifs is 1. The van der Waals surface area contributed by atoms with Crippen molar-refractivity contribution < 1.29 is 4.74 Å². The van der Waals surface area contributed by atoms with Gasteiger partial charge in [0.2, 0.25) is 0 Å². The Morgan fingerprint density at radius 2 is 1.68 bits per heavy atom. The molecule has 4 nitrogen and oxygen atoms in total. The number of aromatic nitrogens is 2. The largest absolute Gasteiger partial charge is 0.497 e. The summed E-state index contributed by atoms with van der Waals surface area (Å²) in [6.07, 6.45) is 0. The lowest BCUT2D eigenvalue weighted by Gasteiger charge is -2.15. The summed E-state index contributed by atoms with van der Waals surface area (Å²) >= 11 is 0. The minimum Gasteiger partial charge on any atom is -0.497 e. The minimum atomic E-state index is 0.114. The van der Waals surface area contributed by atoms with E-state index in [0.29, 0.717) is 6.54 Å². The topological polar surface area (TPSA) is 47.0 Å².